The van der Waals surface area contributed by atoms with E-state index in [0.29, 0.717) is 23.6 Å². The molecule has 0 unspecified atom stereocenters. The quantitative estimate of drug-likeness (QED) is 0.816. The molecule has 2 aliphatic rings. The van der Waals surface area contributed by atoms with Gasteiger partial charge in [0.15, 0.2) is 0 Å². The topological polar surface area (TPSA) is 93.4 Å². The maximum absolute atomic E-state index is 11.6. The number of likely N-dealkylation sites (tertiary alicyclic amines) is 1. The minimum Gasteiger partial charge on any atom is -0.375 e. The molecule has 0 spiro atoms. The molecule has 0 radical (unpaired) electrons. The van der Waals surface area contributed by atoms with Gasteiger partial charge in [0.1, 0.15) is 12.4 Å². The van der Waals surface area contributed by atoms with E-state index >= 15 is 0 Å². The zero-order chi connectivity index (χ0) is 19.3. The van der Waals surface area contributed by atoms with Gasteiger partial charge in [0.2, 0.25) is 11.7 Å². The van der Waals surface area contributed by atoms with Crippen LogP contribution in [-0.4, -0.2) is 52.2 Å². The number of hydrogen-bond acceptors (Lipinski definition) is 7. The molecular formula is C20H27N5O3. The number of aromatic nitrogens is 3. The Morgan fingerprint density at radius 2 is 2.11 bits per heavy atom. The number of carbonyl (C=O) groups is 1. The highest BCUT2D eigenvalue weighted by molar-refractivity contribution is 5.90. The van der Waals surface area contributed by atoms with Crippen LogP contribution in [0.3, 0.4) is 0 Å². The SMILES string of the molecule is COCC(=O)Nc1ccc(-c2noc([C@@H]3CCCN3C3CCCCC3)n2)cn1. The van der Waals surface area contributed by atoms with Crippen LogP contribution in [-0.2, 0) is 9.53 Å². The Kier molecular flexibility index (Phi) is 5.97. The molecule has 2 aromatic rings. The molecule has 8 nitrogen and oxygen atoms in total. The molecule has 1 N–H and O–H groups in total. The lowest BCUT2D eigenvalue weighted by Gasteiger charge is -2.34. The Balaban J connectivity index is 1.44. The molecule has 4 rings (SSSR count). The zero-order valence-corrected chi connectivity index (χ0v) is 16.3. The lowest BCUT2D eigenvalue weighted by atomic mass is 9.94. The number of pyridine rings is 1. The highest BCUT2D eigenvalue weighted by Gasteiger charge is 2.35. The van der Waals surface area contributed by atoms with Crippen molar-refractivity contribution >= 4 is 11.7 Å². The molecule has 0 bridgehead atoms. The molecule has 28 heavy (non-hydrogen) atoms. The number of methoxy groups -OCH3 is 1. The second-order valence-electron chi connectivity index (χ2n) is 7.56. The second-order valence-corrected chi connectivity index (χ2v) is 7.56. The number of nitrogens with zero attached hydrogens (tertiary/aromatic N) is 4. The van der Waals surface area contributed by atoms with Crippen LogP contribution < -0.4 is 5.32 Å². The predicted octanol–water partition coefficient (Wildman–Crippen LogP) is 3.19. The van der Waals surface area contributed by atoms with Gasteiger partial charge in [0, 0.05) is 24.9 Å². The first-order valence-electron chi connectivity index (χ1n) is 10.1. The van der Waals surface area contributed by atoms with Crippen molar-refractivity contribution in [2.45, 2.75) is 57.0 Å². The Morgan fingerprint density at radius 1 is 1.25 bits per heavy atom. The van der Waals surface area contributed by atoms with Crippen molar-refractivity contribution < 1.29 is 14.1 Å². The summed E-state index contributed by atoms with van der Waals surface area (Å²) in [5.41, 5.74) is 0.766. The van der Waals surface area contributed by atoms with Gasteiger partial charge in [-0.1, -0.05) is 24.4 Å². The van der Waals surface area contributed by atoms with Crippen molar-refractivity contribution in [1.29, 1.82) is 0 Å². The van der Waals surface area contributed by atoms with Gasteiger partial charge in [-0.3, -0.25) is 9.69 Å². The summed E-state index contributed by atoms with van der Waals surface area (Å²) in [5.74, 6) is 1.46. The molecule has 1 atom stereocenters. The lowest BCUT2D eigenvalue weighted by Crippen LogP contribution is -2.36. The Morgan fingerprint density at radius 3 is 2.86 bits per heavy atom. The van der Waals surface area contributed by atoms with Gasteiger partial charge in [-0.2, -0.15) is 4.98 Å². The summed E-state index contributed by atoms with van der Waals surface area (Å²) in [7, 11) is 1.48. The summed E-state index contributed by atoms with van der Waals surface area (Å²) in [6.45, 7) is 1.11. The van der Waals surface area contributed by atoms with E-state index in [0.717, 1.165) is 18.5 Å². The van der Waals surface area contributed by atoms with Gasteiger partial charge in [-0.25, -0.2) is 4.98 Å². The van der Waals surface area contributed by atoms with Gasteiger partial charge in [0.05, 0.1) is 6.04 Å². The molecule has 1 amide bonds. The lowest BCUT2D eigenvalue weighted by molar-refractivity contribution is -0.119. The summed E-state index contributed by atoms with van der Waals surface area (Å²) >= 11 is 0. The number of hydrogen-bond donors (Lipinski definition) is 1. The number of anilines is 1. The highest BCUT2D eigenvalue weighted by Crippen LogP contribution is 2.37. The first kappa shape index (κ1) is 19.0. The maximum atomic E-state index is 11.6. The third-order valence-corrected chi connectivity index (χ3v) is 5.63. The van der Waals surface area contributed by atoms with E-state index in [1.54, 1.807) is 12.3 Å². The van der Waals surface area contributed by atoms with E-state index in [1.807, 2.05) is 6.07 Å². The molecule has 1 saturated heterocycles. The van der Waals surface area contributed by atoms with Crippen molar-refractivity contribution in [3.63, 3.8) is 0 Å². The molecule has 8 heteroatoms. The van der Waals surface area contributed by atoms with Gasteiger partial charge in [-0.05, 0) is 44.4 Å². The summed E-state index contributed by atoms with van der Waals surface area (Å²) in [6, 6.07) is 4.43. The summed E-state index contributed by atoms with van der Waals surface area (Å²) in [4.78, 5) is 23.0. The highest BCUT2D eigenvalue weighted by atomic mass is 16.5. The largest absolute Gasteiger partial charge is 0.375 e. The molecule has 0 aromatic carbocycles. The van der Waals surface area contributed by atoms with Crippen LogP contribution in [0, 0.1) is 0 Å². The van der Waals surface area contributed by atoms with Crippen LogP contribution in [0.1, 0.15) is 56.9 Å². The smallest absolute Gasteiger partial charge is 0.251 e. The number of amides is 1. The van der Waals surface area contributed by atoms with E-state index in [-0.39, 0.29) is 18.6 Å². The minimum atomic E-state index is -0.242. The van der Waals surface area contributed by atoms with Crippen LogP contribution in [0.15, 0.2) is 22.9 Å². The zero-order valence-electron chi connectivity index (χ0n) is 16.3. The second kappa shape index (κ2) is 8.79. The number of rotatable bonds is 6. The van der Waals surface area contributed by atoms with Crippen LogP contribution in [0.2, 0.25) is 0 Å². The van der Waals surface area contributed by atoms with Gasteiger partial charge in [0.25, 0.3) is 5.91 Å². The average molecular weight is 385 g/mol. The molecule has 2 aromatic heterocycles. The summed E-state index contributed by atoms with van der Waals surface area (Å²) < 4.78 is 10.4. The Bertz CT molecular complexity index is 785. The third kappa shape index (κ3) is 4.23. The van der Waals surface area contributed by atoms with Crippen LogP contribution in [0.4, 0.5) is 5.82 Å². The molecule has 1 aliphatic heterocycles. The Hall–Kier alpha value is -2.32. The van der Waals surface area contributed by atoms with E-state index in [2.05, 4.69) is 25.3 Å². The normalized spacial score (nSPS) is 21.1. The van der Waals surface area contributed by atoms with Gasteiger partial charge >= 0.3 is 0 Å². The minimum absolute atomic E-state index is 0.00346. The fourth-order valence-corrected chi connectivity index (χ4v) is 4.30. The molecule has 2 fully saturated rings. The first-order chi connectivity index (χ1) is 13.7. The van der Waals surface area contributed by atoms with Crippen molar-refractivity contribution in [3.8, 4) is 11.4 Å². The molecular weight excluding hydrogens is 358 g/mol. The van der Waals surface area contributed by atoms with E-state index < -0.39 is 0 Å². The number of carbonyl (C=O) groups excluding carboxylic acids is 1. The van der Waals surface area contributed by atoms with E-state index in [4.69, 9.17) is 9.26 Å². The predicted molar refractivity (Wildman–Crippen MR) is 104 cm³/mol. The first-order valence-corrected chi connectivity index (χ1v) is 10.1. The molecule has 1 saturated carbocycles. The maximum Gasteiger partial charge on any atom is 0.251 e. The molecule has 3 heterocycles. The fraction of sp³-hybridized carbons (Fsp3) is 0.600. The van der Waals surface area contributed by atoms with Crippen LogP contribution >= 0.6 is 0 Å². The van der Waals surface area contributed by atoms with Gasteiger partial charge in [-0.15, -0.1) is 0 Å². The van der Waals surface area contributed by atoms with Crippen molar-refractivity contribution in [3.05, 3.63) is 24.2 Å². The van der Waals surface area contributed by atoms with E-state index in [9.17, 15) is 4.79 Å². The third-order valence-electron chi connectivity index (χ3n) is 5.63. The number of ether oxygens (including phenoxy) is 1. The summed E-state index contributed by atoms with van der Waals surface area (Å²) in [5, 5.41) is 6.84. The standard InChI is InChI=1S/C20H27N5O3/c1-27-13-18(26)22-17-10-9-14(12-21-17)19-23-20(28-24-19)16-8-5-11-25(16)15-6-3-2-4-7-15/h9-10,12,15-16H,2-8,11,13H2,1H3,(H,21,22,26)/t16-/m0/s1. The van der Waals surface area contributed by atoms with Crippen molar-refractivity contribution in [2.75, 3.05) is 25.6 Å². The monoisotopic (exact) mass is 385 g/mol. The van der Waals surface area contributed by atoms with Crippen molar-refractivity contribution in [2.24, 2.45) is 0 Å². The summed E-state index contributed by atoms with van der Waals surface area (Å²) in [6.07, 6.45) is 10.4. The van der Waals surface area contributed by atoms with Gasteiger partial charge < -0.3 is 14.6 Å². The van der Waals surface area contributed by atoms with Crippen LogP contribution in [0.25, 0.3) is 11.4 Å². The van der Waals surface area contributed by atoms with E-state index in [1.165, 1.54) is 45.6 Å². The molecule has 150 valence electrons. The number of nitrogens with one attached hydrogen (secondary N) is 1. The van der Waals surface area contributed by atoms with Crippen molar-refractivity contribution in [1.82, 2.24) is 20.0 Å². The molecule has 1 aliphatic carbocycles. The fourth-order valence-electron chi connectivity index (χ4n) is 4.30. The average Bonchev–Trinajstić information content (AvgIpc) is 3.39. The van der Waals surface area contributed by atoms with Crippen LogP contribution in [0.5, 0.6) is 0 Å². The Labute approximate surface area is 164 Å².